The van der Waals surface area contributed by atoms with Gasteiger partial charge in [-0.1, -0.05) is 24.3 Å². The van der Waals surface area contributed by atoms with Gasteiger partial charge in [0.1, 0.15) is 0 Å². The van der Waals surface area contributed by atoms with Crippen molar-refractivity contribution in [2.75, 3.05) is 20.1 Å². The lowest BCUT2D eigenvalue weighted by Crippen LogP contribution is -2.41. The lowest BCUT2D eigenvalue weighted by Gasteiger charge is -2.37. The summed E-state index contributed by atoms with van der Waals surface area (Å²) in [4.78, 5) is 28.2. The molecule has 4 heteroatoms. The molecule has 1 aliphatic heterocycles. The van der Waals surface area contributed by atoms with E-state index >= 15 is 0 Å². The zero-order valence-electron chi connectivity index (χ0n) is 13.4. The molecule has 1 fully saturated rings. The SMILES string of the molecule is CC(=O)N1CCc2ccccc2[C@@H]1CC(=O)N(C)CC1CC1. The lowest BCUT2D eigenvalue weighted by molar-refractivity contribution is -0.136. The monoisotopic (exact) mass is 300 g/mol. The first-order valence-electron chi connectivity index (χ1n) is 8.15. The van der Waals surface area contributed by atoms with Crippen LogP contribution in [0, 0.1) is 5.92 Å². The Morgan fingerprint density at radius 2 is 2.00 bits per heavy atom. The number of hydrogen-bond acceptors (Lipinski definition) is 2. The average molecular weight is 300 g/mol. The Bertz CT molecular complexity index is 580. The summed E-state index contributed by atoms with van der Waals surface area (Å²) in [7, 11) is 1.88. The second-order valence-electron chi connectivity index (χ2n) is 6.60. The quantitative estimate of drug-likeness (QED) is 0.856. The van der Waals surface area contributed by atoms with Gasteiger partial charge in [-0.05, 0) is 36.3 Å². The Hall–Kier alpha value is -1.84. The van der Waals surface area contributed by atoms with E-state index in [0.717, 1.165) is 18.5 Å². The van der Waals surface area contributed by atoms with Crippen LogP contribution in [0.1, 0.15) is 43.4 Å². The maximum Gasteiger partial charge on any atom is 0.224 e. The molecule has 0 unspecified atom stereocenters. The first kappa shape index (κ1) is 15.1. The largest absolute Gasteiger partial charge is 0.345 e. The Morgan fingerprint density at radius 3 is 2.68 bits per heavy atom. The summed E-state index contributed by atoms with van der Waals surface area (Å²) in [5.74, 6) is 0.883. The molecule has 1 aromatic rings. The maximum atomic E-state index is 12.5. The van der Waals surface area contributed by atoms with Crippen LogP contribution in [0.25, 0.3) is 0 Å². The van der Waals surface area contributed by atoms with Crippen molar-refractivity contribution in [2.45, 2.75) is 38.6 Å². The topological polar surface area (TPSA) is 40.6 Å². The number of fused-ring (bicyclic) bond motifs is 1. The summed E-state index contributed by atoms with van der Waals surface area (Å²) in [5, 5.41) is 0. The van der Waals surface area contributed by atoms with E-state index in [9.17, 15) is 9.59 Å². The standard InChI is InChI=1S/C18H24N2O2/c1-13(21)20-10-9-15-5-3-4-6-16(15)17(20)11-18(22)19(2)12-14-7-8-14/h3-6,14,17H,7-12H2,1-2H3/t17-/m0/s1. The van der Waals surface area contributed by atoms with Crippen LogP contribution in [0.2, 0.25) is 0 Å². The van der Waals surface area contributed by atoms with Gasteiger partial charge in [0.05, 0.1) is 12.5 Å². The molecule has 0 saturated heterocycles. The molecular formula is C18H24N2O2. The molecule has 0 aromatic heterocycles. The van der Waals surface area contributed by atoms with Crippen LogP contribution in [0.15, 0.2) is 24.3 Å². The van der Waals surface area contributed by atoms with Crippen molar-refractivity contribution >= 4 is 11.8 Å². The van der Waals surface area contributed by atoms with Gasteiger partial charge in [0.25, 0.3) is 0 Å². The van der Waals surface area contributed by atoms with Crippen molar-refractivity contribution in [3.63, 3.8) is 0 Å². The van der Waals surface area contributed by atoms with Crippen LogP contribution in [-0.2, 0) is 16.0 Å². The van der Waals surface area contributed by atoms with Crippen LogP contribution in [0.3, 0.4) is 0 Å². The third-order valence-corrected chi connectivity index (χ3v) is 4.84. The first-order valence-corrected chi connectivity index (χ1v) is 8.15. The number of amides is 2. The fourth-order valence-electron chi connectivity index (χ4n) is 3.36. The number of benzene rings is 1. The second kappa shape index (κ2) is 6.11. The molecule has 3 rings (SSSR count). The summed E-state index contributed by atoms with van der Waals surface area (Å²) < 4.78 is 0. The molecule has 1 aromatic carbocycles. The van der Waals surface area contributed by atoms with E-state index < -0.39 is 0 Å². The molecule has 1 heterocycles. The molecular weight excluding hydrogens is 276 g/mol. The van der Waals surface area contributed by atoms with Crippen molar-refractivity contribution in [1.29, 1.82) is 0 Å². The normalized spacial score (nSPS) is 20.5. The fourth-order valence-corrected chi connectivity index (χ4v) is 3.36. The molecule has 1 saturated carbocycles. The van der Waals surface area contributed by atoms with Crippen LogP contribution in [0.5, 0.6) is 0 Å². The van der Waals surface area contributed by atoms with E-state index in [1.807, 2.05) is 29.0 Å². The highest BCUT2D eigenvalue weighted by atomic mass is 16.2. The van der Waals surface area contributed by atoms with E-state index in [1.54, 1.807) is 6.92 Å². The third-order valence-electron chi connectivity index (χ3n) is 4.84. The minimum Gasteiger partial charge on any atom is -0.345 e. The van der Waals surface area contributed by atoms with Crippen LogP contribution >= 0.6 is 0 Å². The molecule has 1 atom stereocenters. The second-order valence-corrected chi connectivity index (χ2v) is 6.60. The van der Waals surface area contributed by atoms with Gasteiger partial charge in [0, 0.05) is 27.1 Å². The molecule has 2 amide bonds. The summed E-state index contributed by atoms with van der Waals surface area (Å²) in [6, 6.07) is 8.08. The van der Waals surface area contributed by atoms with E-state index in [2.05, 4.69) is 12.1 Å². The molecule has 0 spiro atoms. The van der Waals surface area contributed by atoms with Gasteiger partial charge < -0.3 is 9.80 Å². The zero-order valence-corrected chi connectivity index (χ0v) is 13.4. The minimum absolute atomic E-state index is 0.0529. The molecule has 4 nitrogen and oxygen atoms in total. The van der Waals surface area contributed by atoms with Crippen LogP contribution in [0.4, 0.5) is 0 Å². The maximum absolute atomic E-state index is 12.5. The number of carbonyl (C=O) groups is 2. The Morgan fingerprint density at radius 1 is 1.27 bits per heavy atom. The van der Waals surface area contributed by atoms with E-state index in [1.165, 1.54) is 18.4 Å². The van der Waals surface area contributed by atoms with Crippen LogP contribution < -0.4 is 0 Å². The molecule has 0 bridgehead atoms. The number of rotatable bonds is 4. The van der Waals surface area contributed by atoms with Gasteiger partial charge in [0.15, 0.2) is 0 Å². The number of nitrogens with zero attached hydrogens (tertiary/aromatic N) is 2. The van der Waals surface area contributed by atoms with Gasteiger partial charge in [-0.2, -0.15) is 0 Å². The van der Waals surface area contributed by atoms with Crippen molar-refractivity contribution < 1.29 is 9.59 Å². The molecule has 118 valence electrons. The average Bonchev–Trinajstić information content (AvgIpc) is 3.31. The van der Waals surface area contributed by atoms with Crippen molar-refractivity contribution in [3.05, 3.63) is 35.4 Å². The highest BCUT2D eigenvalue weighted by Gasteiger charge is 2.32. The lowest BCUT2D eigenvalue weighted by atomic mass is 9.90. The van der Waals surface area contributed by atoms with Gasteiger partial charge in [-0.25, -0.2) is 0 Å². The smallest absolute Gasteiger partial charge is 0.224 e. The fraction of sp³-hybridized carbons (Fsp3) is 0.556. The van der Waals surface area contributed by atoms with E-state index in [-0.39, 0.29) is 17.9 Å². The van der Waals surface area contributed by atoms with E-state index in [4.69, 9.17) is 0 Å². The summed E-state index contributed by atoms with van der Waals surface area (Å²) >= 11 is 0. The van der Waals surface area contributed by atoms with Crippen molar-refractivity contribution in [2.24, 2.45) is 5.92 Å². The van der Waals surface area contributed by atoms with Gasteiger partial charge >= 0.3 is 0 Å². The van der Waals surface area contributed by atoms with Crippen molar-refractivity contribution in [1.82, 2.24) is 9.80 Å². The minimum atomic E-state index is -0.114. The first-order chi connectivity index (χ1) is 10.6. The zero-order chi connectivity index (χ0) is 15.7. The molecule has 1 aliphatic carbocycles. The Balaban J connectivity index is 1.78. The predicted molar refractivity (Wildman–Crippen MR) is 85.3 cm³/mol. The highest BCUT2D eigenvalue weighted by Crippen LogP contribution is 2.34. The van der Waals surface area contributed by atoms with Crippen LogP contribution in [-0.4, -0.2) is 41.8 Å². The van der Waals surface area contributed by atoms with Gasteiger partial charge in [0.2, 0.25) is 11.8 Å². The summed E-state index contributed by atoms with van der Waals surface area (Å²) in [6.45, 7) is 3.16. The highest BCUT2D eigenvalue weighted by molar-refractivity contribution is 5.79. The number of hydrogen-bond donors (Lipinski definition) is 0. The molecule has 0 radical (unpaired) electrons. The van der Waals surface area contributed by atoms with E-state index in [0.29, 0.717) is 18.9 Å². The van der Waals surface area contributed by atoms with Gasteiger partial charge in [-0.3, -0.25) is 9.59 Å². The number of carbonyl (C=O) groups excluding carboxylic acids is 2. The van der Waals surface area contributed by atoms with Gasteiger partial charge in [-0.15, -0.1) is 0 Å². The summed E-state index contributed by atoms with van der Waals surface area (Å²) in [5.41, 5.74) is 2.40. The third kappa shape index (κ3) is 3.16. The van der Waals surface area contributed by atoms with Crippen molar-refractivity contribution in [3.8, 4) is 0 Å². The molecule has 2 aliphatic rings. The Kier molecular flexibility index (Phi) is 4.19. The Labute approximate surface area is 132 Å². The molecule has 22 heavy (non-hydrogen) atoms. The predicted octanol–water partition coefficient (Wildman–Crippen LogP) is 2.39. The molecule has 0 N–H and O–H groups in total. The summed E-state index contributed by atoms with van der Waals surface area (Å²) in [6.07, 6.45) is 3.74.